The van der Waals surface area contributed by atoms with Crippen molar-refractivity contribution >= 4 is 12.1 Å². The summed E-state index contributed by atoms with van der Waals surface area (Å²) in [6.45, 7) is 0.0297. The van der Waals surface area contributed by atoms with E-state index in [4.69, 9.17) is 10.2 Å². The van der Waals surface area contributed by atoms with E-state index in [1.807, 2.05) is 0 Å². The minimum absolute atomic E-state index is 0.0297. The number of rotatable bonds is 1. The van der Waals surface area contributed by atoms with Gasteiger partial charge in [-0.15, -0.1) is 0 Å². The van der Waals surface area contributed by atoms with Gasteiger partial charge < -0.3 is 15.3 Å². The first-order chi connectivity index (χ1) is 7.99. The van der Waals surface area contributed by atoms with Crippen LogP contribution in [0.3, 0.4) is 0 Å². The lowest BCUT2D eigenvalue weighted by atomic mass is 9.94. The number of hydrogen-bond donors (Lipinski definition) is 3. The molecule has 1 atom stereocenters. The molecule has 0 spiro atoms. The largest absolute Gasteiger partial charge is 0.508 e. The lowest BCUT2D eigenvalue weighted by Gasteiger charge is -2.32. The zero-order valence-electron chi connectivity index (χ0n) is 8.83. The Balaban J connectivity index is 2.39. The van der Waals surface area contributed by atoms with Gasteiger partial charge in [-0.1, -0.05) is 6.07 Å². The summed E-state index contributed by atoms with van der Waals surface area (Å²) < 4.78 is 0. The SMILES string of the molecule is O=C(O)C1Cc2cc(O)ccc2CN1C(=O)O. The molecule has 0 aromatic heterocycles. The molecular weight excluding hydrogens is 226 g/mol. The predicted octanol–water partition coefficient (Wildman–Crippen LogP) is 0.881. The third-order valence-electron chi connectivity index (χ3n) is 2.85. The maximum absolute atomic E-state index is 11.0. The number of carboxylic acid groups (broad SMARTS) is 2. The second-order valence-electron chi connectivity index (χ2n) is 3.92. The van der Waals surface area contributed by atoms with E-state index in [9.17, 15) is 14.7 Å². The van der Waals surface area contributed by atoms with E-state index < -0.39 is 18.1 Å². The zero-order chi connectivity index (χ0) is 12.6. The molecule has 0 saturated heterocycles. The Kier molecular flexibility index (Phi) is 2.63. The van der Waals surface area contributed by atoms with Crippen LogP contribution in [0.2, 0.25) is 0 Å². The van der Waals surface area contributed by atoms with Crippen LogP contribution in [-0.2, 0) is 17.8 Å². The van der Waals surface area contributed by atoms with Crippen molar-refractivity contribution in [3.05, 3.63) is 29.3 Å². The van der Waals surface area contributed by atoms with Crippen LogP contribution in [0.1, 0.15) is 11.1 Å². The highest BCUT2D eigenvalue weighted by molar-refractivity contribution is 5.80. The van der Waals surface area contributed by atoms with Crippen molar-refractivity contribution in [3.8, 4) is 5.75 Å². The van der Waals surface area contributed by atoms with Crippen LogP contribution >= 0.6 is 0 Å². The Hall–Kier alpha value is -2.24. The first kappa shape index (κ1) is 11.3. The van der Waals surface area contributed by atoms with Gasteiger partial charge >= 0.3 is 12.1 Å². The average Bonchev–Trinajstić information content (AvgIpc) is 2.26. The van der Waals surface area contributed by atoms with E-state index in [2.05, 4.69) is 0 Å². The van der Waals surface area contributed by atoms with Gasteiger partial charge in [0.1, 0.15) is 11.8 Å². The van der Waals surface area contributed by atoms with Crippen molar-refractivity contribution < 1.29 is 24.9 Å². The number of aromatic hydroxyl groups is 1. The number of aliphatic carboxylic acids is 1. The molecule has 0 saturated carbocycles. The summed E-state index contributed by atoms with van der Waals surface area (Å²) in [5.41, 5.74) is 1.40. The van der Waals surface area contributed by atoms with Crippen molar-refractivity contribution in [2.75, 3.05) is 0 Å². The van der Waals surface area contributed by atoms with Gasteiger partial charge in [-0.05, 0) is 23.3 Å². The van der Waals surface area contributed by atoms with Crippen LogP contribution in [0.4, 0.5) is 4.79 Å². The number of phenolic OH excluding ortho intramolecular Hbond substituents is 1. The maximum Gasteiger partial charge on any atom is 0.408 e. The zero-order valence-corrected chi connectivity index (χ0v) is 8.83. The summed E-state index contributed by atoms with van der Waals surface area (Å²) in [4.78, 5) is 22.8. The summed E-state index contributed by atoms with van der Waals surface area (Å²) in [7, 11) is 0. The third kappa shape index (κ3) is 2.01. The normalized spacial score (nSPS) is 18.6. The highest BCUT2D eigenvalue weighted by Gasteiger charge is 2.34. The summed E-state index contributed by atoms with van der Waals surface area (Å²) in [6, 6.07) is 3.45. The molecule has 1 aromatic rings. The number of nitrogens with zero attached hydrogens (tertiary/aromatic N) is 1. The number of phenols is 1. The lowest BCUT2D eigenvalue weighted by Crippen LogP contribution is -2.48. The molecule has 1 aliphatic rings. The summed E-state index contributed by atoms with van der Waals surface area (Å²) in [5.74, 6) is -1.13. The molecule has 2 rings (SSSR count). The molecule has 90 valence electrons. The van der Waals surface area contributed by atoms with Crippen molar-refractivity contribution in [3.63, 3.8) is 0 Å². The molecule has 0 radical (unpaired) electrons. The number of hydrogen-bond acceptors (Lipinski definition) is 3. The monoisotopic (exact) mass is 237 g/mol. The summed E-state index contributed by atoms with van der Waals surface area (Å²) in [6.07, 6.45) is -1.18. The van der Waals surface area contributed by atoms with Crippen LogP contribution in [0.15, 0.2) is 18.2 Å². The van der Waals surface area contributed by atoms with Gasteiger partial charge in [0.15, 0.2) is 0 Å². The summed E-state index contributed by atoms with van der Waals surface area (Å²) >= 11 is 0. The van der Waals surface area contributed by atoms with Gasteiger partial charge in [0.25, 0.3) is 0 Å². The van der Waals surface area contributed by atoms with E-state index in [1.54, 1.807) is 6.07 Å². The lowest BCUT2D eigenvalue weighted by molar-refractivity contribution is -0.143. The van der Waals surface area contributed by atoms with E-state index in [0.717, 1.165) is 10.5 Å². The van der Waals surface area contributed by atoms with Gasteiger partial charge in [-0.2, -0.15) is 0 Å². The number of amides is 1. The number of carboxylic acids is 1. The topological polar surface area (TPSA) is 98.1 Å². The Morgan fingerprint density at radius 1 is 1.24 bits per heavy atom. The van der Waals surface area contributed by atoms with Crippen molar-refractivity contribution in [2.45, 2.75) is 19.0 Å². The van der Waals surface area contributed by atoms with Gasteiger partial charge in [0.05, 0.1) is 6.54 Å². The van der Waals surface area contributed by atoms with Crippen molar-refractivity contribution in [1.82, 2.24) is 4.90 Å². The van der Waals surface area contributed by atoms with Crippen LogP contribution < -0.4 is 0 Å². The molecule has 0 fully saturated rings. The third-order valence-corrected chi connectivity index (χ3v) is 2.85. The smallest absolute Gasteiger partial charge is 0.408 e. The minimum atomic E-state index is -1.25. The average molecular weight is 237 g/mol. The van der Waals surface area contributed by atoms with E-state index >= 15 is 0 Å². The molecule has 6 nitrogen and oxygen atoms in total. The fourth-order valence-corrected chi connectivity index (χ4v) is 1.99. The van der Waals surface area contributed by atoms with Crippen molar-refractivity contribution in [2.24, 2.45) is 0 Å². The van der Waals surface area contributed by atoms with Gasteiger partial charge in [-0.25, -0.2) is 9.59 Å². The number of benzene rings is 1. The Morgan fingerprint density at radius 3 is 2.53 bits per heavy atom. The molecule has 1 unspecified atom stereocenters. The fraction of sp³-hybridized carbons (Fsp3) is 0.273. The Bertz CT molecular complexity index is 485. The Labute approximate surface area is 96.7 Å². The highest BCUT2D eigenvalue weighted by Crippen LogP contribution is 2.26. The number of fused-ring (bicyclic) bond motifs is 1. The number of carbonyl (C=O) groups is 2. The molecule has 3 N–H and O–H groups in total. The molecule has 17 heavy (non-hydrogen) atoms. The fourth-order valence-electron chi connectivity index (χ4n) is 1.99. The highest BCUT2D eigenvalue weighted by atomic mass is 16.4. The predicted molar refractivity (Wildman–Crippen MR) is 56.8 cm³/mol. The first-order valence-electron chi connectivity index (χ1n) is 5.02. The van der Waals surface area contributed by atoms with Crippen LogP contribution in [0, 0.1) is 0 Å². The standard InChI is InChI=1S/C11H11NO5/c13-8-2-1-6-5-12(11(16)17)9(10(14)15)4-7(6)3-8/h1-3,9,13H,4-5H2,(H,14,15)(H,16,17). The van der Waals surface area contributed by atoms with E-state index in [1.165, 1.54) is 12.1 Å². The first-order valence-corrected chi connectivity index (χ1v) is 5.02. The second kappa shape index (κ2) is 3.97. The summed E-state index contributed by atoms with van der Waals surface area (Å²) in [5, 5.41) is 27.2. The molecule has 0 bridgehead atoms. The molecule has 0 aliphatic carbocycles. The van der Waals surface area contributed by atoms with Gasteiger partial charge in [0.2, 0.25) is 0 Å². The molecule has 1 aliphatic heterocycles. The van der Waals surface area contributed by atoms with E-state index in [0.29, 0.717) is 5.56 Å². The van der Waals surface area contributed by atoms with Crippen LogP contribution in [0.5, 0.6) is 5.75 Å². The molecule has 1 aromatic carbocycles. The quantitative estimate of drug-likeness (QED) is 0.673. The second-order valence-corrected chi connectivity index (χ2v) is 3.92. The molecule has 6 heteroatoms. The van der Waals surface area contributed by atoms with Gasteiger partial charge in [-0.3, -0.25) is 4.90 Å². The molecular formula is C11H11NO5. The van der Waals surface area contributed by atoms with Crippen molar-refractivity contribution in [1.29, 1.82) is 0 Å². The van der Waals surface area contributed by atoms with E-state index in [-0.39, 0.29) is 18.7 Å². The Morgan fingerprint density at radius 2 is 1.94 bits per heavy atom. The van der Waals surface area contributed by atoms with Crippen LogP contribution in [0.25, 0.3) is 0 Å². The minimum Gasteiger partial charge on any atom is -0.508 e. The molecule has 1 amide bonds. The molecule has 1 heterocycles. The van der Waals surface area contributed by atoms with Gasteiger partial charge in [0, 0.05) is 6.42 Å². The van der Waals surface area contributed by atoms with Crippen LogP contribution in [-0.4, -0.2) is 38.3 Å². The maximum atomic E-state index is 11.0.